The Bertz CT molecular complexity index is 879. The third kappa shape index (κ3) is 2.25. The van der Waals surface area contributed by atoms with Crippen molar-refractivity contribution < 1.29 is 9.90 Å². The summed E-state index contributed by atoms with van der Waals surface area (Å²) in [6, 6.07) is 12.3. The van der Waals surface area contributed by atoms with Gasteiger partial charge in [-0.2, -0.15) is 0 Å². The molecule has 1 unspecified atom stereocenters. The molecule has 3 aromatic rings. The van der Waals surface area contributed by atoms with Crippen LogP contribution in [0.25, 0.3) is 21.7 Å². The lowest BCUT2D eigenvalue weighted by atomic mass is 9.94. The number of benzene rings is 1. The van der Waals surface area contributed by atoms with Gasteiger partial charge in [0.25, 0.3) is 0 Å². The summed E-state index contributed by atoms with van der Waals surface area (Å²) in [7, 11) is 0. The number of nitrogens with one attached hydrogen (secondary N) is 1. The van der Waals surface area contributed by atoms with E-state index in [0.29, 0.717) is 13.0 Å². The van der Waals surface area contributed by atoms with Gasteiger partial charge in [-0.25, -0.2) is 0 Å². The van der Waals surface area contributed by atoms with Crippen LogP contribution >= 0.6 is 12.4 Å². The first-order valence-corrected chi connectivity index (χ1v) is 6.99. The van der Waals surface area contributed by atoms with Crippen LogP contribution in [0.15, 0.2) is 42.6 Å². The van der Waals surface area contributed by atoms with E-state index in [4.69, 9.17) is 0 Å². The Morgan fingerprint density at radius 3 is 2.91 bits per heavy atom. The summed E-state index contributed by atoms with van der Waals surface area (Å²) in [6.07, 6.45) is 2.38. The number of hydrogen-bond donors (Lipinski definition) is 2. The van der Waals surface area contributed by atoms with Crippen molar-refractivity contribution >= 4 is 45.7 Å². The van der Waals surface area contributed by atoms with E-state index in [1.54, 1.807) is 0 Å². The van der Waals surface area contributed by atoms with Gasteiger partial charge in [0.2, 0.25) is 0 Å². The van der Waals surface area contributed by atoms with Crippen molar-refractivity contribution in [1.82, 2.24) is 4.98 Å². The molecule has 2 heterocycles. The van der Waals surface area contributed by atoms with Crippen molar-refractivity contribution in [2.24, 2.45) is 5.92 Å². The van der Waals surface area contributed by atoms with Gasteiger partial charge >= 0.3 is 5.97 Å². The number of rotatable bonds is 1. The van der Waals surface area contributed by atoms with Crippen LogP contribution in [0.2, 0.25) is 0 Å². The minimum atomic E-state index is -0.744. The number of hydrogen-bond acceptors (Lipinski definition) is 3. The second-order valence-corrected chi connectivity index (χ2v) is 5.49. The zero-order valence-electron chi connectivity index (χ0n) is 11.7. The Kier molecular flexibility index (Phi) is 3.62. The van der Waals surface area contributed by atoms with Crippen LogP contribution < -0.4 is 5.32 Å². The number of nitrogens with zero attached hydrogens (tertiary/aromatic N) is 1. The Morgan fingerprint density at radius 2 is 2.09 bits per heavy atom. The summed E-state index contributed by atoms with van der Waals surface area (Å²) in [5.74, 6) is -1.11. The van der Waals surface area contributed by atoms with Crippen LogP contribution in [-0.2, 0) is 11.2 Å². The number of halogens is 1. The maximum absolute atomic E-state index is 11.2. The fourth-order valence-corrected chi connectivity index (χ4v) is 3.06. The molecular formula is C17H15ClN2O2. The molecule has 0 aliphatic carbocycles. The molecule has 0 spiro atoms. The molecule has 0 radical (unpaired) electrons. The highest BCUT2D eigenvalue weighted by atomic mass is 35.5. The third-order valence-corrected chi connectivity index (χ3v) is 4.17. The van der Waals surface area contributed by atoms with Gasteiger partial charge in [0.1, 0.15) is 0 Å². The lowest BCUT2D eigenvalue weighted by Gasteiger charge is -2.23. The molecule has 112 valence electrons. The quantitative estimate of drug-likeness (QED) is 0.722. The normalized spacial score (nSPS) is 16.6. The van der Waals surface area contributed by atoms with Gasteiger partial charge in [0, 0.05) is 29.2 Å². The predicted octanol–water partition coefficient (Wildman–Crippen LogP) is 3.48. The van der Waals surface area contributed by atoms with Crippen LogP contribution in [0.1, 0.15) is 5.56 Å². The van der Waals surface area contributed by atoms with E-state index in [1.165, 1.54) is 0 Å². The third-order valence-electron chi connectivity index (χ3n) is 4.17. The molecule has 1 aliphatic rings. The van der Waals surface area contributed by atoms with Gasteiger partial charge in [0.05, 0.1) is 11.4 Å². The molecule has 4 rings (SSSR count). The molecule has 5 heteroatoms. The van der Waals surface area contributed by atoms with Crippen molar-refractivity contribution in [3.05, 3.63) is 48.2 Å². The molecule has 1 aliphatic heterocycles. The van der Waals surface area contributed by atoms with Crippen molar-refractivity contribution in [3.63, 3.8) is 0 Å². The van der Waals surface area contributed by atoms with Gasteiger partial charge in [-0.3, -0.25) is 9.78 Å². The highest BCUT2D eigenvalue weighted by molar-refractivity contribution is 6.03. The molecule has 2 aromatic carbocycles. The summed E-state index contributed by atoms with van der Waals surface area (Å²) in [5, 5.41) is 15.9. The summed E-state index contributed by atoms with van der Waals surface area (Å²) in [6.45, 7) is 0.471. The second kappa shape index (κ2) is 5.46. The van der Waals surface area contributed by atoms with Crippen LogP contribution in [0.3, 0.4) is 0 Å². The summed E-state index contributed by atoms with van der Waals surface area (Å²) in [5.41, 5.74) is 3.10. The first kappa shape index (κ1) is 14.6. The second-order valence-electron chi connectivity index (χ2n) is 5.49. The minimum absolute atomic E-state index is 0. The van der Waals surface area contributed by atoms with Crippen LogP contribution in [0.4, 0.5) is 5.69 Å². The number of carboxylic acids is 1. The molecule has 2 N–H and O–H groups in total. The van der Waals surface area contributed by atoms with Crippen LogP contribution in [0.5, 0.6) is 0 Å². The lowest BCUT2D eigenvalue weighted by Crippen LogP contribution is -2.29. The maximum Gasteiger partial charge on any atom is 0.308 e. The van der Waals surface area contributed by atoms with E-state index in [1.807, 2.05) is 24.4 Å². The summed E-state index contributed by atoms with van der Waals surface area (Å²) in [4.78, 5) is 15.5. The number of aliphatic carboxylic acids is 1. The molecule has 0 bridgehead atoms. The summed E-state index contributed by atoms with van der Waals surface area (Å²) >= 11 is 0. The van der Waals surface area contributed by atoms with E-state index in [-0.39, 0.29) is 18.3 Å². The fourth-order valence-electron chi connectivity index (χ4n) is 3.06. The molecule has 1 aromatic heterocycles. The first-order chi connectivity index (χ1) is 10.2. The standard InChI is InChI=1S/C17H14N2O2.ClH/c20-17(21)13-6-12-3-1-2-10-8-15-11(4-5-18-15)7-14(10)16(12)19-9-13;/h1-5,7-8,13,19H,6,9H2,(H,20,21);1H. The highest BCUT2D eigenvalue weighted by Gasteiger charge is 2.24. The van der Waals surface area contributed by atoms with Crippen molar-refractivity contribution in [2.75, 3.05) is 11.9 Å². The maximum atomic E-state index is 11.2. The van der Waals surface area contributed by atoms with Crippen molar-refractivity contribution in [2.45, 2.75) is 6.42 Å². The molecular weight excluding hydrogens is 300 g/mol. The Morgan fingerprint density at radius 1 is 1.23 bits per heavy atom. The molecule has 0 fully saturated rings. The molecule has 4 nitrogen and oxygen atoms in total. The summed E-state index contributed by atoms with van der Waals surface area (Å²) < 4.78 is 0. The number of fused-ring (bicyclic) bond motifs is 4. The lowest BCUT2D eigenvalue weighted by molar-refractivity contribution is -0.141. The van der Waals surface area contributed by atoms with Crippen LogP contribution in [0, 0.1) is 5.92 Å². The van der Waals surface area contributed by atoms with Gasteiger partial charge in [-0.1, -0.05) is 18.2 Å². The van der Waals surface area contributed by atoms with E-state index < -0.39 is 5.97 Å². The largest absolute Gasteiger partial charge is 0.481 e. The fraction of sp³-hybridized carbons (Fsp3) is 0.176. The van der Waals surface area contributed by atoms with E-state index in [9.17, 15) is 9.90 Å². The molecule has 0 saturated heterocycles. The Hall–Kier alpha value is -2.33. The number of anilines is 1. The van der Waals surface area contributed by atoms with Gasteiger partial charge in [-0.15, -0.1) is 12.4 Å². The monoisotopic (exact) mass is 314 g/mol. The SMILES string of the molecule is Cl.O=C(O)C1CNc2c(cccc3cc4nccc4cc23)C1. The van der Waals surface area contributed by atoms with Gasteiger partial charge in [0.15, 0.2) is 0 Å². The van der Waals surface area contributed by atoms with Crippen LogP contribution in [-0.4, -0.2) is 22.6 Å². The van der Waals surface area contributed by atoms with Crippen molar-refractivity contribution in [1.29, 1.82) is 0 Å². The smallest absolute Gasteiger partial charge is 0.308 e. The molecule has 0 saturated carbocycles. The van der Waals surface area contributed by atoms with E-state index in [2.05, 4.69) is 28.5 Å². The number of aromatic nitrogens is 1. The van der Waals surface area contributed by atoms with Gasteiger partial charge in [-0.05, 0) is 35.6 Å². The number of carboxylic acid groups (broad SMARTS) is 1. The molecule has 0 amide bonds. The Labute approximate surface area is 133 Å². The topological polar surface area (TPSA) is 62.2 Å². The van der Waals surface area contributed by atoms with E-state index in [0.717, 1.165) is 32.9 Å². The molecule has 22 heavy (non-hydrogen) atoms. The molecule has 1 atom stereocenters. The number of carbonyl (C=O) groups is 1. The zero-order valence-corrected chi connectivity index (χ0v) is 12.6. The zero-order chi connectivity index (χ0) is 14.4. The highest BCUT2D eigenvalue weighted by Crippen LogP contribution is 2.33. The average Bonchev–Trinajstić information content (AvgIpc) is 2.85. The van der Waals surface area contributed by atoms with E-state index >= 15 is 0 Å². The minimum Gasteiger partial charge on any atom is -0.481 e. The van der Waals surface area contributed by atoms with Gasteiger partial charge < -0.3 is 10.4 Å². The predicted molar refractivity (Wildman–Crippen MR) is 89.8 cm³/mol. The Balaban J connectivity index is 0.00000144. The van der Waals surface area contributed by atoms with Crippen molar-refractivity contribution in [3.8, 4) is 0 Å². The average molecular weight is 315 g/mol. The first-order valence-electron chi connectivity index (χ1n) is 6.99.